The number of nitrogens with one attached hydrogen (secondary N) is 1. The Bertz CT molecular complexity index is 114. The summed E-state index contributed by atoms with van der Waals surface area (Å²) >= 11 is 1.50. The van der Waals surface area contributed by atoms with Crippen molar-refractivity contribution in [3.8, 4) is 0 Å². The van der Waals surface area contributed by atoms with Crippen molar-refractivity contribution in [3.63, 3.8) is 0 Å². The molecule has 0 saturated carbocycles. The smallest absolute Gasteiger partial charge is 0.132 e. The van der Waals surface area contributed by atoms with Crippen molar-refractivity contribution < 1.29 is 0 Å². The van der Waals surface area contributed by atoms with Crippen molar-refractivity contribution in [2.45, 2.75) is 6.92 Å². The molecule has 3 heteroatoms. The maximum Gasteiger partial charge on any atom is 0.132 e. The van der Waals surface area contributed by atoms with Crippen molar-refractivity contribution >= 4 is 17.5 Å². The van der Waals surface area contributed by atoms with Crippen molar-refractivity contribution in [2.24, 2.45) is 4.99 Å². The minimum atomic E-state index is 0.949. The van der Waals surface area contributed by atoms with Crippen LogP contribution in [-0.2, 0) is 0 Å². The molecule has 0 aromatic rings. The molecule has 0 atom stereocenters. The summed E-state index contributed by atoms with van der Waals surface area (Å²) in [5, 5.41) is 0. The fraction of sp³-hybridized carbons (Fsp3) is 0.250. The average molecular weight is 114 g/mol. The van der Waals surface area contributed by atoms with Gasteiger partial charge >= 0.3 is 0 Å². The minimum absolute atomic E-state index is 0.949. The van der Waals surface area contributed by atoms with Gasteiger partial charge in [0.1, 0.15) is 5.82 Å². The fourth-order valence-electron chi connectivity index (χ4n) is 0.330. The molecule has 1 N–H and O–H groups in total. The molecular weight excluding hydrogens is 108 g/mol. The molecule has 7 heavy (non-hydrogen) atoms. The van der Waals surface area contributed by atoms with Gasteiger partial charge in [-0.1, -0.05) is 0 Å². The zero-order valence-electron chi connectivity index (χ0n) is 4.01. The zero-order chi connectivity index (χ0) is 5.11. The highest BCUT2D eigenvalue weighted by atomic mass is 32.2. The van der Waals surface area contributed by atoms with Crippen molar-refractivity contribution in [1.82, 2.24) is 4.72 Å². The van der Waals surface area contributed by atoms with E-state index in [2.05, 4.69) is 9.71 Å². The summed E-state index contributed by atoms with van der Waals surface area (Å²) in [4.78, 5) is 3.94. The lowest BCUT2D eigenvalue weighted by Crippen LogP contribution is -1.91. The van der Waals surface area contributed by atoms with Gasteiger partial charge in [-0.2, -0.15) is 0 Å². The topological polar surface area (TPSA) is 24.4 Å². The second-order valence-corrected chi connectivity index (χ2v) is 1.78. The molecule has 0 amide bonds. The molecule has 0 spiro atoms. The van der Waals surface area contributed by atoms with Gasteiger partial charge in [0.05, 0.1) is 5.55 Å². The average Bonchev–Trinajstić information content (AvgIpc) is 2.14. The predicted molar refractivity (Wildman–Crippen MR) is 33.0 cm³/mol. The van der Waals surface area contributed by atoms with Crippen molar-refractivity contribution in [3.05, 3.63) is 11.9 Å². The van der Waals surface area contributed by atoms with Crippen LogP contribution in [-0.4, -0.2) is 5.55 Å². The first-order valence-electron chi connectivity index (χ1n) is 2.04. The van der Waals surface area contributed by atoms with Gasteiger partial charge in [-0.15, -0.1) is 0 Å². The van der Waals surface area contributed by atoms with Gasteiger partial charge in [-0.05, 0) is 24.9 Å². The summed E-state index contributed by atoms with van der Waals surface area (Å²) in [7, 11) is 0. The number of aliphatic imine (C=N–C) groups is 1. The van der Waals surface area contributed by atoms with E-state index >= 15 is 0 Å². The predicted octanol–water partition coefficient (Wildman–Crippen LogP) is 1.13. The first-order chi connectivity index (χ1) is 3.43. The standard InChI is InChI=1S/C4H6N2S/c1-2-4-5-3-7-6-4/h2-3,6H,1H3. The van der Waals surface area contributed by atoms with E-state index in [4.69, 9.17) is 0 Å². The van der Waals surface area contributed by atoms with E-state index in [0.717, 1.165) is 5.82 Å². The molecule has 1 rings (SSSR count). The number of allylic oxidation sites excluding steroid dienone is 1. The number of nitrogens with zero attached hydrogens (tertiary/aromatic N) is 1. The molecule has 38 valence electrons. The first-order valence-corrected chi connectivity index (χ1v) is 2.92. The van der Waals surface area contributed by atoms with Crippen LogP contribution in [0.15, 0.2) is 16.9 Å². The summed E-state index contributed by atoms with van der Waals surface area (Å²) in [5.74, 6) is 0.949. The molecule has 0 aliphatic carbocycles. The maximum absolute atomic E-state index is 3.94. The molecule has 2 nitrogen and oxygen atoms in total. The zero-order valence-corrected chi connectivity index (χ0v) is 4.83. The summed E-state index contributed by atoms with van der Waals surface area (Å²) in [6.45, 7) is 1.95. The van der Waals surface area contributed by atoms with Gasteiger partial charge in [0.25, 0.3) is 0 Å². The number of hydrogen-bond donors (Lipinski definition) is 1. The Kier molecular flexibility index (Phi) is 1.36. The van der Waals surface area contributed by atoms with Crippen LogP contribution >= 0.6 is 11.9 Å². The molecule has 0 fully saturated rings. The Labute approximate surface area is 46.8 Å². The number of hydrogen-bond acceptors (Lipinski definition) is 3. The molecule has 1 aliphatic heterocycles. The second kappa shape index (κ2) is 2.02. The lowest BCUT2D eigenvalue weighted by molar-refractivity contribution is 1.17. The van der Waals surface area contributed by atoms with Gasteiger partial charge in [0.2, 0.25) is 0 Å². The van der Waals surface area contributed by atoms with Crippen LogP contribution in [0.25, 0.3) is 0 Å². The molecule has 0 radical (unpaired) electrons. The second-order valence-electron chi connectivity index (χ2n) is 1.13. The van der Waals surface area contributed by atoms with E-state index in [1.165, 1.54) is 11.9 Å². The van der Waals surface area contributed by atoms with Gasteiger partial charge < -0.3 is 4.72 Å². The Morgan fingerprint density at radius 3 is 3.14 bits per heavy atom. The van der Waals surface area contributed by atoms with E-state index < -0.39 is 0 Å². The largest absolute Gasteiger partial charge is 0.310 e. The monoisotopic (exact) mass is 114 g/mol. The molecule has 0 aromatic carbocycles. The molecule has 0 unspecified atom stereocenters. The van der Waals surface area contributed by atoms with Crippen LogP contribution in [0.4, 0.5) is 0 Å². The van der Waals surface area contributed by atoms with Gasteiger partial charge in [0.15, 0.2) is 0 Å². The van der Waals surface area contributed by atoms with Crippen LogP contribution in [0, 0.1) is 0 Å². The highest BCUT2D eigenvalue weighted by Gasteiger charge is 1.93. The quantitative estimate of drug-likeness (QED) is 0.477. The van der Waals surface area contributed by atoms with Crippen LogP contribution in [0.3, 0.4) is 0 Å². The third-order valence-electron chi connectivity index (χ3n) is 0.681. The normalized spacial score (nSPS) is 23.3. The van der Waals surface area contributed by atoms with Crippen molar-refractivity contribution in [1.29, 1.82) is 0 Å². The van der Waals surface area contributed by atoms with Crippen LogP contribution in [0.5, 0.6) is 0 Å². The summed E-state index contributed by atoms with van der Waals surface area (Å²) in [5.41, 5.74) is 1.77. The molecule has 0 saturated heterocycles. The van der Waals surface area contributed by atoms with Crippen LogP contribution < -0.4 is 4.72 Å². The third-order valence-corrected chi connectivity index (χ3v) is 1.22. The molecule has 1 heterocycles. The van der Waals surface area contributed by atoms with E-state index in [9.17, 15) is 0 Å². The highest BCUT2D eigenvalue weighted by molar-refractivity contribution is 8.10. The summed E-state index contributed by atoms with van der Waals surface area (Å²) in [6, 6.07) is 0. The first kappa shape index (κ1) is 4.71. The Morgan fingerprint density at radius 1 is 2.00 bits per heavy atom. The lowest BCUT2D eigenvalue weighted by Gasteiger charge is -1.86. The molecular formula is C4H6N2S. The SMILES string of the molecule is CC=C1N=CSN1. The fourth-order valence-corrected chi connectivity index (χ4v) is 0.840. The highest BCUT2D eigenvalue weighted by Crippen LogP contribution is 2.05. The van der Waals surface area contributed by atoms with Crippen LogP contribution in [0.2, 0.25) is 0 Å². The Morgan fingerprint density at radius 2 is 2.86 bits per heavy atom. The third kappa shape index (κ3) is 0.962. The lowest BCUT2D eigenvalue weighted by atomic mass is 10.6. The van der Waals surface area contributed by atoms with Crippen molar-refractivity contribution in [2.75, 3.05) is 0 Å². The molecule has 0 bridgehead atoms. The van der Waals surface area contributed by atoms with Gasteiger partial charge in [-0.25, -0.2) is 4.99 Å². The van der Waals surface area contributed by atoms with E-state index in [0.29, 0.717) is 0 Å². The summed E-state index contributed by atoms with van der Waals surface area (Å²) in [6.07, 6.45) is 1.93. The summed E-state index contributed by atoms with van der Waals surface area (Å²) < 4.78 is 2.96. The number of rotatable bonds is 0. The van der Waals surface area contributed by atoms with E-state index in [1.54, 1.807) is 5.55 Å². The van der Waals surface area contributed by atoms with E-state index in [1.807, 2.05) is 13.0 Å². The van der Waals surface area contributed by atoms with Crippen LogP contribution in [0.1, 0.15) is 6.92 Å². The van der Waals surface area contributed by atoms with E-state index in [-0.39, 0.29) is 0 Å². The Hall–Kier alpha value is -0.440. The minimum Gasteiger partial charge on any atom is -0.310 e. The maximum atomic E-state index is 3.94. The molecule has 0 aromatic heterocycles. The van der Waals surface area contributed by atoms with Gasteiger partial charge in [0, 0.05) is 0 Å². The Balaban J connectivity index is 2.59. The molecule has 1 aliphatic rings. The van der Waals surface area contributed by atoms with Gasteiger partial charge in [-0.3, -0.25) is 0 Å².